The second kappa shape index (κ2) is 6.97. The molecule has 1 rings (SSSR count). The summed E-state index contributed by atoms with van der Waals surface area (Å²) in [5.74, 6) is -0.459. The van der Waals surface area contributed by atoms with Gasteiger partial charge in [-0.3, -0.25) is 13.9 Å². The monoisotopic (exact) mass is 262 g/mol. The van der Waals surface area contributed by atoms with Crippen LogP contribution in [0.4, 0.5) is 0 Å². The van der Waals surface area contributed by atoms with Crippen molar-refractivity contribution in [3.63, 3.8) is 0 Å². The Morgan fingerprint density at radius 3 is 2.00 bits per heavy atom. The summed E-state index contributed by atoms with van der Waals surface area (Å²) in [5.41, 5.74) is 11.5. The molecule has 0 heterocycles. The van der Waals surface area contributed by atoms with Crippen LogP contribution in [0.5, 0.6) is 0 Å². The zero-order valence-corrected chi connectivity index (χ0v) is 9.67. The average molecular weight is 262 g/mol. The lowest BCUT2D eigenvalue weighted by atomic mass is 10.1. The van der Waals surface area contributed by atoms with Gasteiger partial charge in [0.1, 0.15) is 0 Å². The first-order chi connectivity index (χ1) is 7.70. The van der Waals surface area contributed by atoms with E-state index >= 15 is 0 Å². The molecule has 1 aromatic rings. The normalized spacial score (nSPS) is 12.2. The van der Waals surface area contributed by atoms with E-state index in [1.807, 2.05) is 30.3 Å². The van der Waals surface area contributed by atoms with E-state index in [1.165, 1.54) is 0 Å². The van der Waals surface area contributed by atoms with E-state index < -0.39 is 22.3 Å². The summed E-state index contributed by atoms with van der Waals surface area (Å²) in [7, 11) is -4.67. The minimum Gasteiger partial charge on any atom is -0.368 e. The third-order valence-corrected chi connectivity index (χ3v) is 1.66. The van der Waals surface area contributed by atoms with Crippen LogP contribution >= 0.6 is 0 Å². The molecule has 6 N–H and O–H groups in total. The molecule has 0 fully saturated rings. The summed E-state index contributed by atoms with van der Waals surface area (Å²) in [4.78, 5) is 10.6. The Hall–Kier alpha value is -1.48. The summed E-state index contributed by atoms with van der Waals surface area (Å²) in [5, 5.41) is 0. The van der Waals surface area contributed by atoms with Crippen molar-refractivity contribution in [2.75, 3.05) is 0 Å². The fourth-order valence-electron chi connectivity index (χ4n) is 0.969. The highest BCUT2D eigenvalue weighted by Crippen LogP contribution is 2.00. The lowest BCUT2D eigenvalue weighted by molar-refractivity contribution is -0.119. The van der Waals surface area contributed by atoms with E-state index in [4.69, 9.17) is 29.0 Å². The minimum atomic E-state index is -4.67. The molecule has 17 heavy (non-hydrogen) atoms. The van der Waals surface area contributed by atoms with Crippen molar-refractivity contribution in [2.24, 2.45) is 11.5 Å². The molecule has 0 saturated carbocycles. The number of amides is 1. The van der Waals surface area contributed by atoms with Gasteiger partial charge in [-0.25, -0.2) is 0 Å². The number of hydrogen-bond donors (Lipinski definition) is 4. The molecule has 8 heteroatoms. The molecule has 0 radical (unpaired) electrons. The molecular formula is C9H14N2O5S. The van der Waals surface area contributed by atoms with Crippen LogP contribution in [0.3, 0.4) is 0 Å². The van der Waals surface area contributed by atoms with Gasteiger partial charge in [-0.2, -0.15) is 8.42 Å². The first-order valence-corrected chi connectivity index (χ1v) is 5.88. The maximum atomic E-state index is 10.6. The van der Waals surface area contributed by atoms with E-state index in [0.717, 1.165) is 5.56 Å². The highest BCUT2D eigenvalue weighted by atomic mass is 32.3. The van der Waals surface area contributed by atoms with Crippen molar-refractivity contribution in [2.45, 2.75) is 12.5 Å². The zero-order chi connectivity index (χ0) is 13.5. The molecular weight excluding hydrogens is 248 g/mol. The lowest BCUT2D eigenvalue weighted by Crippen LogP contribution is -2.38. The second-order valence-electron chi connectivity index (χ2n) is 3.15. The first-order valence-electron chi connectivity index (χ1n) is 4.49. The molecule has 1 atom stereocenters. The van der Waals surface area contributed by atoms with E-state index in [9.17, 15) is 4.79 Å². The average Bonchev–Trinajstić information content (AvgIpc) is 2.16. The summed E-state index contributed by atoms with van der Waals surface area (Å²) < 4.78 is 31.6. The van der Waals surface area contributed by atoms with Crippen molar-refractivity contribution in [3.05, 3.63) is 35.9 Å². The van der Waals surface area contributed by atoms with Gasteiger partial charge < -0.3 is 11.5 Å². The van der Waals surface area contributed by atoms with Gasteiger partial charge in [0.2, 0.25) is 5.91 Å². The summed E-state index contributed by atoms with van der Waals surface area (Å²) in [6.07, 6.45) is 0.510. The van der Waals surface area contributed by atoms with Crippen LogP contribution in [0.25, 0.3) is 0 Å². The van der Waals surface area contributed by atoms with Gasteiger partial charge in [-0.05, 0) is 12.0 Å². The molecule has 0 bridgehead atoms. The van der Waals surface area contributed by atoms with E-state index in [2.05, 4.69) is 0 Å². The molecule has 1 amide bonds. The number of rotatable bonds is 3. The van der Waals surface area contributed by atoms with Gasteiger partial charge >= 0.3 is 10.4 Å². The van der Waals surface area contributed by atoms with Crippen LogP contribution in [-0.2, 0) is 21.6 Å². The Kier molecular flexibility index (Phi) is 6.36. The van der Waals surface area contributed by atoms with Crippen LogP contribution in [-0.4, -0.2) is 29.5 Å². The smallest absolute Gasteiger partial charge is 0.368 e. The molecule has 0 aliphatic heterocycles. The predicted octanol–water partition coefficient (Wildman–Crippen LogP) is -0.611. The number of carbonyl (C=O) groups is 1. The van der Waals surface area contributed by atoms with Gasteiger partial charge in [0.25, 0.3) is 0 Å². The van der Waals surface area contributed by atoms with Crippen LogP contribution in [0.15, 0.2) is 30.3 Å². The maximum absolute atomic E-state index is 10.6. The van der Waals surface area contributed by atoms with E-state index in [1.54, 1.807) is 0 Å². The molecule has 0 aliphatic carbocycles. The molecule has 0 unspecified atom stereocenters. The largest absolute Gasteiger partial charge is 0.394 e. The topological polar surface area (TPSA) is 144 Å². The van der Waals surface area contributed by atoms with E-state index in [0.29, 0.717) is 6.42 Å². The highest BCUT2D eigenvalue weighted by molar-refractivity contribution is 7.79. The second-order valence-corrected chi connectivity index (χ2v) is 4.04. The molecule has 96 valence electrons. The van der Waals surface area contributed by atoms with Crippen molar-refractivity contribution in [1.82, 2.24) is 0 Å². The van der Waals surface area contributed by atoms with Gasteiger partial charge in [-0.1, -0.05) is 30.3 Å². The number of benzene rings is 1. The van der Waals surface area contributed by atoms with Crippen molar-refractivity contribution in [1.29, 1.82) is 0 Å². The number of primary amides is 1. The molecule has 1 aromatic carbocycles. The molecule has 0 saturated heterocycles. The first kappa shape index (κ1) is 15.5. The SMILES string of the molecule is NC(=O)[C@@H](N)Cc1ccccc1.O=S(=O)(O)O. The van der Waals surface area contributed by atoms with Crippen molar-refractivity contribution >= 4 is 16.3 Å². The third kappa shape index (κ3) is 10.8. The highest BCUT2D eigenvalue weighted by Gasteiger charge is 2.08. The van der Waals surface area contributed by atoms with Crippen molar-refractivity contribution < 1.29 is 22.3 Å². The van der Waals surface area contributed by atoms with Gasteiger partial charge in [0, 0.05) is 0 Å². The summed E-state index contributed by atoms with van der Waals surface area (Å²) >= 11 is 0. The lowest BCUT2D eigenvalue weighted by Gasteiger charge is -2.06. The summed E-state index contributed by atoms with van der Waals surface area (Å²) in [6.45, 7) is 0. The number of carbonyl (C=O) groups excluding carboxylic acids is 1. The fourth-order valence-corrected chi connectivity index (χ4v) is 0.969. The molecule has 0 aliphatic rings. The van der Waals surface area contributed by atoms with Gasteiger partial charge in [0.15, 0.2) is 0 Å². The number of nitrogens with two attached hydrogens (primary N) is 2. The Balaban J connectivity index is 0.000000437. The van der Waals surface area contributed by atoms with E-state index in [-0.39, 0.29) is 0 Å². The third-order valence-electron chi connectivity index (χ3n) is 1.66. The van der Waals surface area contributed by atoms with Gasteiger partial charge in [0.05, 0.1) is 6.04 Å². The molecule has 0 aromatic heterocycles. The van der Waals surface area contributed by atoms with Crippen molar-refractivity contribution in [3.8, 4) is 0 Å². The molecule has 7 nitrogen and oxygen atoms in total. The predicted molar refractivity (Wildman–Crippen MR) is 61.5 cm³/mol. The Morgan fingerprint density at radius 1 is 1.24 bits per heavy atom. The maximum Gasteiger partial charge on any atom is 0.394 e. The Morgan fingerprint density at radius 2 is 1.65 bits per heavy atom. The van der Waals surface area contributed by atoms with Gasteiger partial charge in [-0.15, -0.1) is 0 Å². The standard InChI is InChI=1S/C9H12N2O.H2O4S/c10-8(9(11)12)6-7-4-2-1-3-5-7;1-5(2,3)4/h1-5,8H,6,10H2,(H2,11,12);(H2,1,2,3,4)/t8-;/m0./s1. The Bertz CT molecular complexity index is 438. The fraction of sp³-hybridized carbons (Fsp3) is 0.222. The number of hydrogen-bond acceptors (Lipinski definition) is 4. The summed E-state index contributed by atoms with van der Waals surface area (Å²) in [6, 6.07) is 8.99. The van der Waals surface area contributed by atoms with Crippen LogP contribution in [0, 0.1) is 0 Å². The minimum absolute atomic E-state index is 0.459. The van der Waals surface area contributed by atoms with Crippen LogP contribution < -0.4 is 11.5 Å². The zero-order valence-electron chi connectivity index (χ0n) is 8.85. The molecule has 0 spiro atoms. The Labute approximate surface area is 99.0 Å². The quantitative estimate of drug-likeness (QED) is 0.535. The van der Waals surface area contributed by atoms with Crippen LogP contribution in [0.1, 0.15) is 5.56 Å². The van der Waals surface area contributed by atoms with Crippen LogP contribution in [0.2, 0.25) is 0 Å².